The van der Waals surface area contributed by atoms with Crippen LogP contribution in [0.5, 0.6) is 0 Å². The van der Waals surface area contributed by atoms with Gasteiger partial charge in [0.15, 0.2) is 5.13 Å². The summed E-state index contributed by atoms with van der Waals surface area (Å²) < 4.78 is 1.85. The van der Waals surface area contributed by atoms with E-state index in [-0.39, 0.29) is 6.03 Å². The van der Waals surface area contributed by atoms with Crippen LogP contribution in [-0.4, -0.2) is 27.3 Å². The van der Waals surface area contributed by atoms with Gasteiger partial charge in [-0.05, 0) is 18.6 Å². The van der Waals surface area contributed by atoms with Crippen molar-refractivity contribution in [3.8, 4) is 16.3 Å². The molecule has 1 aromatic carbocycles. The average Bonchev–Trinajstić information content (AvgIpc) is 3.26. The minimum Gasteiger partial charge on any atom is -0.338 e. The zero-order valence-electron chi connectivity index (χ0n) is 14.3. The second-order valence-electron chi connectivity index (χ2n) is 6.09. The van der Waals surface area contributed by atoms with Crippen molar-refractivity contribution < 1.29 is 4.79 Å². The number of anilines is 1. The van der Waals surface area contributed by atoms with E-state index in [9.17, 15) is 4.79 Å². The number of aromatic nitrogens is 3. The Morgan fingerprint density at radius 1 is 1.38 bits per heavy atom. The highest BCUT2D eigenvalue weighted by atomic mass is 35.5. The second kappa shape index (κ2) is 7.09. The number of benzene rings is 1. The molecule has 0 saturated carbocycles. The predicted molar refractivity (Wildman–Crippen MR) is 104 cm³/mol. The van der Waals surface area contributed by atoms with E-state index < -0.39 is 0 Å². The summed E-state index contributed by atoms with van der Waals surface area (Å²) in [6.45, 7) is 2.75. The first kappa shape index (κ1) is 17.1. The van der Waals surface area contributed by atoms with Crippen LogP contribution >= 0.6 is 22.9 Å². The largest absolute Gasteiger partial charge is 0.338 e. The van der Waals surface area contributed by atoms with Crippen LogP contribution in [0, 0.1) is 0 Å². The average molecular weight is 388 g/mol. The lowest BCUT2D eigenvalue weighted by Crippen LogP contribution is -2.29. The van der Waals surface area contributed by atoms with Crippen molar-refractivity contribution in [1.82, 2.24) is 20.1 Å². The van der Waals surface area contributed by atoms with Crippen molar-refractivity contribution >= 4 is 34.1 Å². The molecule has 8 heteroatoms. The Morgan fingerprint density at radius 3 is 3.04 bits per heavy atom. The van der Waals surface area contributed by atoms with Gasteiger partial charge in [-0.2, -0.15) is 5.10 Å². The van der Waals surface area contributed by atoms with Crippen molar-refractivity contribution in [2.75, 3.05) is 11.9 Å². The molecule has 1 aliphatic rings. The number of fused-ring (bicyclic) bond motifs is 3. The third kappa shape index (κ3) is 3.08. The van der Waals surface area contributed by atoms with Gasteiger partial charge in [-0.1, -0.05) is 48.4 Å². The molecule has 2 aromatic heterocycles. The zero-order valence-corrected chi connectivity index (χ0v) is 15.8. The molecule has 0 unspecified atom stereocenters. The number of thiazole rings is 1. The Labute approximate surface area is 160 Å². The number of carbonyl (C=O) groups excluding carboxylic acids is 1. The fourth-order valence-corrected chi connectivity index (χ4v) is 4.23. The van der Waals surface area contributed by atoms with E-state index in [1.54, 1.807) is 0 Å². The maximum atomic E-state index is 12.0. The number of hydrogen-bond acceptors (Lipinski definition) is 4. The third-order valence-corrected chi connectivity index (χ3v) is 5.57. The van der Waals surface area contributed by atoms with Gasteiger partial charge in [0.25, 0.3) is 0 Å². The van der Waals surface area contributed by atoms with E-state index in [2.05, 4.69) is 27.6 Å². The van der Waals surface area contributed by atoms with E-state index in [1.807, 2.05) is 35.1 Å². The molecule has 0 radical (unpaired) electrons. The summed E-state index contributed by atoms with van der Waals surface area (Å²) in [5.41, 5.74) is 3.93. The van der Waals surface area contributed by atoms with Gasteiger partial charge < -0.3 is 5.32 Å². The highest BCUT2D eigenvalue weighted by Gasteiger charge is 2.29. The number of para-hydroxylation sites is 1. The molecule has 3 aromatic rings. The fraction of sp³-hybridized carbons (Fsp3) is 0.278. The Balaban J connectivity index is 1.60. The van der Waals surface area contributed by atoms with Gasteiger partial charge in [-0.25, -0.2) is 14.5 Å². The van der Waals surface area contributed by atoms with Gasteiger partial charge in [0.05, 0.1) is 33.2 Å². The minimum atomic E-state index is -0.217. The maximum absolute atomic E-state index is 12.0. The number of urea groups is 1. The quantitative estimate of drug-likeness (QED) is 0.496. The SMILES string of the molecule is CCCCNC(=O)Nc1nc2c(s1)-c1c(cnn1-c1ccccc1Cl)C2. The van der Waals surface area contributed by atoms with Gasteiger partial charge in [-0.3, -0.25) is 5.32 Å². The molecule has 0 spiro atoms. The number of nitrogens with one attached hydrogen (secondary N) is 2. The predicted octanol–water partition coefficient (Wildman–Crippen LogP) is 4.48. The molecule has 2 N–H and O–H groups in total. The first-order chi connectivity index (χ1) is 12.7. The number of nitrogens with zero attached hydrogens (tertiary/aromatic N) is 3. The molecule has 6 nitrogen and oxygen atoms in total. The van der Waals surface area contributed by atoms with E-state index in [0.29, 0.717) is 23.1 Å². The zero-order chi connectivity index (χ0) is 18.1. The number of hydrogen-bond donors (Lipinski definition) is 2. The van der Waals surface area contributed by atoms with Crippen molar-refractivity contribution in [1.29, 1.82) is 0 Å². The fourth-order valence-electron chi connectivity index (χ4n) is 2.97. The molecule has 4 rings (SSSR count). The summed E-state index contributed by atoms with van der Waals surface area (Å²) in [6, 6.07) is 7.40. The summed E-state index contributed by atoms with van der Waals surface area (Å²) in [5.74, 6) is 0. The summed E-state index contributed by atoms with van der Waals surface area (Å²) in [6.07, 6.45) is 4.57. The maximum Gasteiger partial charge on any atom is 0.321 e. The Kier molecular flexibility index (Phi) is 4.65. The number of amides is 2. The van der Waals surface area contributed by atoms with Crippen LogP contribution in [0.1, 0.15) is 31.0 Å². The summed E-state index contributed by atoms with van der Waals surface area (Å²) in [5, 5.41) is 11.4. The van der Waals surface area contributed by atoms with E-state index in [0.717, 1.165) is 40.4 Å². The molecule has 1 aliphatic carbocycles. The molecule has 0 fully saturated rings. The monoisotopic (exact) mass is 387 g/mol. The van der Waals surface area contributed by atoms with Crippen LogP contribution in [0.15, 0.2) is 30.5 Å². The van der Waals surface area contributed by atoms with E-state index in [4.69, 9.17) is 11.6 Å². The lowest BCUT2D eigenvalue weighted by Gasteiger charge is -2.07. The van der Waals surface area contributed by atoms with Gasteiger partial charge in [0.1, 0.15) is 0 Å². The van der Waals surface area contributed by atoms with E-state index in [1.165, 1.54) is 11.3 Å². The molecule has 2 heterocycles. The van der Waals surface area contributed by atoms with Gasteiger partial charge >= 0.3 is 6.03 Å². The normalized spacial score (nSPS) is 11.9. The Morgan fingerprint density at radius 2 is 2.23 bits per heavy atom. The van der Waals surface area contributed by atoms with Crippen molar-refractivity contribution in [3.05, 3.63) is 46.7 Å². The van der Waals surface area contributed by atoms with Crippen LogP contribution in [0.25, 0.3) is 16.3 Å². The highest BCUT2D eigenvalue weighted by molar-refractivity contribution is 7.19. The number of halogens is 1. The minimum absolute atomic E-state index is 0.217. The Hall–Kier alpha value is -2.38. The molecule has 2 amide bonds. The van der Waals surface area contributed by atoms with Crippen LogP contribution in [0.4, 0.5) is 9.93 Å². The standard InChI is InChI=1S/C18H18ClN5OS/c1-2-3-8-20-17(25)23-18-22-13-9-11-10-21-24(15(11)16(13)26-18)14-7-5-4-6-12(14)19/h4-7,10H,2-3,8-9H2,1H3,(H2,20,22,23,25). The molecule has 26 heavy (non-hydrogen) atoms. The first-order valence-electron chi connectivity index (χ1n) is 8.54. The van der Waals surface area contributed by atoms with Gasteiger partial charge in [-0.15, -0.1) is 0 Å². The lowest BCUT2D eigenvalue weighted by atomic mass is 10.2. The first-order valence-corrected chi connectivity index (χ1v) is 9.73. The number of carbonyl (C=O) groups is 1. The summed E-state index contributed by atoms with van der Waals surface area (Å²) in [4.78, 5) is 17.6. The van der Waals surface area contributed by atoms with Crippen molar-refractivity contribution in [3.63, 3.8) is 0 Å². The lowest BCUT2D eigenvalue weighted by molar-refractivity contribution is 0.252. The van der Waals surface area contributed by atoms with E-state index >= 15 is 0 Å². The number of unbranched alkanes of at least 4 members (excludes halogenated alkanes) is 1. The van der Waals surface area contributed by atoms with Crippen LogP contribution in [0.2, 0.25) is 5.02 Å². The topological polar surface area (TPSA) is 71.8 Å². The summed E-state index contributed by atoms with van der Waals surface area (Å²) in [7, 11) is 0. The molecule has 134 valence electrons. The van der Waals surface area contributed by atoms with Gasteiger partial charge in [0, 0.05) is 18.5 Å². The van der Waals surface area contributed by atoms with Crippen LogP contribution < -0.4 is 10.6 Å². The molecule has 0 bridgehead atoms. The van der Waals surface area contributed by atoms with Crippen LogP contribution in [-0.2, 0) is 6.42 Å². The molecular weight excluding hydrogens is 370 g/mol. The molecule has 0 aliphatic heterocycles. The molecular formula is C18H18ClN5OS. The van der Waals surface area contributed by atoms with Crippen molar-refractivity contribution in [2.24, 2.45) is 0 Å². The summed E-state index contributed by atoms with van der Waals surface area (Å²) >= 11 is 7.81. The second-order valence-corrected chi connectivity index (χ2v) is 7.49. The molecule has 0 atom stereocenters. The smallest absolute Gasteiger partial charge is 0.321 e. The van der Waals surface area contributed by atoms with Gasteiger partial charge in [0.2, 0.25) is 0 Å². The Bertz CT molecular complexity index is 964. The van der Waals surface area contributed by atoms with Crippen molar-refractivity contribution in [2.45, 2.75) is 26.2 Å². The highest BCUT2D eigenvalue weighted by Crippen LogP contribution is 2.43. The third-order valence-electron chi connectivity index (χ3n) is 4.23. The van der Waals surface area contributed by atoms with Crippen LogP contribution in [0.3, 0.4) is 0 Å². The molecule has 0 saturated heterocycles. The number of rotatable bonds is 5.